The van der Waals surface area contributed by atoms with E-state index in [0.29, 0.717) is 13.1 Å². The maximum atomic E-state index is 12.9. The number of nitrogens with zero attached hydrogens (tertiary/aromatic N) is 2. The van der Waals surface area contributed by atoms with Crippen LogP contribution in [0.15, 0.2) is 22.6 Å². The van der Waals surface area contributed by atoms with Gasteiger partial charge in [-0.2, -0.15) is 0 Å². The van der Waals surface area contributed by atoms with Crippen molar-refractivity contribution in [1.82, 2.24) is 4.90 Å². The highest BCUT2D eigenvalue weighted by Crippen LogP contribution is 2.47. The summed E-state index contributed by atoms with van der Waals surface area (Å²) in [6.07, 6.45) is 1.98. The second-order valence-corrected chi connectivity index (χ2v) is 12.3. The predicted octanol–water partition coefficient (Wildman–Crippen LogP) is 5.16. The molecule has 3 rings (SSSR count). The van der Waals surface area contributed by atoms with Crippen molar-refractivity contribution in [3.8, 4) is 0 Å². The van der Waals surface area contributed by atoms with Gasteiger partial charge in [-0.15, -0.1) is 0 Å². The Bertz CT molecular complexity index is 818. The number of ether oxygens (including phenoxy) is 1. The smallest absolute Gasteiger partial charge is 0.410 e. The van der Waals surface area contributed by atoms with E-state index >= 15 is 0 Å². The number of benzene rings is 1. The molecule has 160 valence electrons. The van der Waals surface area contributed by atoms with Gasteiger partial charge in [0.2, 0.25) is 0 Å². The number of likely N-dealkylation sites (tertiary alicyclic amines) is 1. The Morgan fingerprint density at radius 2 is 1.83 bits per heavy atom. The number of amides is 1. The average molecular weight is 439 g/mol. The summed E-state index contributed by atoms with van der Waals surface area (Å²) in [5.74, 6) is 0. The molecule has 0 unspecified atom stereocenters. The highest BCUT2D eigenvalue weighted by molar-refractivity contribution is 7.91. The zero-order valence-electron chi connectivity index (χ0n) is 18.2. The molecule has 0 N–H and O–H groups in total. The summed E-state index contributed by atoms with van der Waals surface area (Å²) in [5.41, 5.74) is 2.20. The number of piperidine rings is 1. The van der Waals surface area contributed by atoms with Crippen LogP contribution >= 0.6 is 11.6 Å². The minimum atomic E-state index is -1.36. The Morgan fingerprint density at radius 3 is 2.38 bits per heavy atom. The molecule has 1 aromatic rings. The molecular formula is C22H31ClN2O3S. The van der Waals surface area contributed by atoms with E-state index in [1.54, 1.807) is 4.90 Å². The fraction of sp³-hybridized carbons (Fsp3) is 0.636. The molecule has 1 aliphatic heterocycles. The van der Waals surface area contributed by atoms with Gasteiger partial charge < -0.3 is 14.2 Å². The van der Waals surface area contributed by atoms with Gasteiger partial charge in [0.05, 0.1) is 0 Å². The number of hydrogen-bond donors (Lipinski definition) is 0. The van der Waals surface area contributed by atoms with Gasteiger partial charge in [-0.1, -0.05) is 28.1 Å². The SMILES string of the molecule is CC(C)(C)OC(=O)N1CCC2(CC1)Cc1c(Cl)cccc1/C2=N/[S@@+]([O-])C(C)(C)C. The Balaban J connectivity index is 1.89. The molecule has 29 heavy (non-hydrogen) atoms. The van der Waals surface area contributed by atoms with Crippen molar-refractivity contribution in [2.24, 2.45) is 9.81 Å². The summed E-state index contributed by atoms with van der Waals surface area (Å²) in [6, 6.07) is 5.84. The molecule has 0 aromatic heterocycles. The van der Waals surface area contributed by atoms with E-state index < -0.39 is 21.7 Å². The number of rotatable bonds is 1. The largest absolute Gasteiger partial charge is 0.591 e. The fourth-order valence-electron chi connectivity index (χ4n) is 3.89. The van der Waals surface area contributed by atoms with Crippen molar-refractivity contribution in [3.05, 3.63) is 34.3 Å². The molecule has 1 amide bonds. The first kappa shape index (κ1) is 22.4. The molecule has 1 fully saturated rings. The van der Waals surface area contributed by atoms with Crippen LogP contribution in [0.2, 0.25) is 5.02 Å². The summed E-state index contributed by atoms with van der Waals surface area (Å²) in [6.45, 7) is 12.6. The van der Waals surface area contributed by atoms with E-state index in [0.717, 1.165) is 41.1 Å². The molecule has 1 atom stereocenters. The molecule has 2 aliphatic rings. The van der Waals surface area contributed by atoms with E-state index in [4.69, 9.17) is 20.7 Å². The molecule has 1 aromatic carbocycles. The van der Waals surface area contributed by atoms with Gasteiger partial charge in [0.25, 0.3) is 0 Å². The molecule has 1 aliphatic carbocycles. The lowest BCUT2D eigenvalue weighted by molar-refractivity contribution is 0.0159. The van der Waals surface area contributed by atoms with Crippen molar-refractivity contribution in [2.75, 3.05) is 13.1 Å². The zero-order valence-corrected chi connectivity index (χ0v) is 19.7. The van der Waals surface area contributed by atoms with Crippen LogP contribution in [-0.4, -0.2) is 44.7 Å². The average Bonchev–Trinajstić information content (AvgIpc) is 2.88. The predicted molar refractivity (Wildman–Crippen MR) is 119 cm³/mol. The van der Waals surface area contributed by atoms with Crippen molar-refractivity contribution in [2.45, 2.75) is 71.2 Å². The lowest BCUT2D eigenvalue weighted by Crippen LogP contribution is -2.47. The maximum Gasteiger partial charge on any atom is 0.410 e. The Kier molecular flexibility index (Phi) is 6.03. The molecular weight excluding hydrogens is 408 g/mol. The molecule has 1 saturated heterocycles. The van der Waals surface area contributed by atoms with Gasteiger partial charge in [0.1, 0.15) is 27.4 Å². The first-order valence-electron chi connectivity index (χ1n) is 10.1. The molecule has 5 nitrogen and oxygen atoms in total. The van der Waals surface area contributed by atoms with Crippen molar-refractivity contribution >= 4 is 34.8 Å². The Labute approximate surface area is 182 Å². The lowest BCUT2D eigenvalue weighted by atomic mass is 9.74. The summed E-state index contributed by atoms with van der Waals surface area (Å²) < 4.78 is 22.7. The molecule has 0 bridgehead atoms. The third-order valence-corrected chi connectivity index (χ3v) is 7.21. The second-order valence-electron chi connectivity index (χ2n) is 9.99. The maximum absolute atomic E-state index is 12.9. The van der Waals surface area contributed by atoms with Crippen LogP contribution in [0.1, 0.15) is 65.5 Å². The summed E-state index contributed by atoms with van der Waals surface area (Å²) in [4.78, 5) is 14.2. The van der Waals surface area contributed by atoms with Gasteiger partial charge >= 0.3 is 6.09 Å². The van der Waals surface area contributed by atoms with E-state index in [9.17, 15) is 9.35 Å². The Hall–Kier alpha value is -1.24. The van der Waals surface area contributed by atoms with Crippen LogP contribution in [0, 0.1) is 5.41 Å². The highest BCUT2D eigenvalue weighted by atomic mass is 35.5. The van der Waals surface area contributed by atoms with Crippen molar-refractivity contribution in [3.63, 3.8) is 0 Å². The number of carbonyl (C=O) groups is 1. The molecule has 0 radical (unpaired) electrons. The van der Waals surface area contributed by atoms with Crippen LogP contribution in [0.25, 0.3) is 0 Å². The topological polar surface area (TPSA) is 65.0 Å². The Morgan fingerprint density at radius 1 is 1.21 bits per heavy atom. The quantitative estimate of drug-likeness (QED) is 0.568. The van der Waals surface area contributed by atoms with Crippen LogP contribution in [0.3, 0.4) is 0 Å². The summed E-state index contributed by atoms with van der Waals surface area (Å²) >= 11 is 5.14. The van der Waals surface area contributed by atoms with Crippen molar-refractivity contribution in [1.29, 1.82) is 0 Å². The van der Waals surface area contributed by atoms with Crippen LogP contribution in [0.4, 0.5) is 4.79 Å². The molecule has 7 heteroatoms. The summed E-state index contributed by atoms with van der Waals surface area (Å²) in [5, 5.41) is 0.725. The van der Waals surface area contributed by atoms with Gasteiger partial charge in [0.15, 0.2) is 0 Å². The third-order valence-electron chi connectivity index (χ3n) is 5.46. The number of carbonyl (C=O) groups excluding carboxylic acids is 1. The lowest BCUT2D eigenvalue weighted by Gasteiger charge is -2.39. The van der Waals surface area contributed by atoms with Crippen LogP contribution in [0.5, 0.6) is 0 Å². The van der Waals surface area contributed by atoms with E-state index in [2.05, 4.69) is 0 Å². The molecule has 1 heterocycles. The minimum absolute atomic E-state index is 0.243. The first-order chi connectivity index (χ1) is 13.3. The van der Waals surface area contributed by atoms with Crippen LogP contribution in [-0.2, 0) is 22.5 Å². The first-order valence-corrected chi connectivity index (χ1v) is 11.6. The van der Waals surface area contributed by atoms with E-state index in [1.165, 1.54) is 0 Å². The van der Waals surface area contributed by atoms with Crippen molar-refractivity contribution < 1.29 is 14.1 Å². The zero-order chi connectivity index (χ0) is 21.6. The second kappa shape index (κ2) is 7.78. The van der Waals surface area contributed by atoms with E-state index in [-0.39, 0.29) is 11.5 Å². The third kappa shape index (κ3) is 4.75. The monoisotopic (exact) mass is 438 g/mol. The van der Waals surface area contributed by atoms with Gasteiger partial charge in [-0.3, -0.25) is 0 Å². The van der Waals surface area contributed by atoms with Gasteiger partial charge in [-0.25, -0.2) is 4.79 Å². The highest BCUT2D eigenvalue weighted by Gasteiger charge is 2.49. The molecule has 1 spiro atoms. The normalized spacial score (nSPS) is 21.4. The van der Waals surface area contributed by atoms with E-state index in [1.807, 2.05) is 59.7 Å². The van der Waals surface area contributed by atoms with Gasteiger partial charge in [-0.05, 0) is 72.4 Å². The number of hydrogen-bond acceptors (Lipinski definition) is 4. The minimum Gasteiger partial charge on any atom is -0.591 e. The summed E-state index contributed by atoms with van der Waals surface area (Å²) in [7, 11) is 0. The van der Waals surface area contributed by atoms with Crippen LogP contribution < -0.4 is 0 Å². The van der Waals surface area contributed by atoms with Gasteiger partial charge in [0, 0.05) is 29.1 Å². The number of halogens is 1. The molecule has 0 saturated carbocycles. The fourth-order valence-corrected chi connectivity index (χ4v) is 4.86. The number of fused-ring (bicyclic) bond motifs is 1. The standard InChI is InChI=1S/C22H31ClN2O3S/c1-20(2,3)28-19(26)25-12-10-22(11-13-25)14-16-15(8-7-9-17(16)23)18(22)24-29(27)21(4,5)6/h7-9H,10-14H2,1-6H3/b24-18-/t29-/m0/s1.